The van der Waals surface area contributed by atoms with Crippen molar-refractivity contribution < 1.29 is 28.9 Å². The van der Waals surface area contributed by atoms with Gasteiger partial charge in [-0.05, 0) is 87.9 Å². The monoisotopic (exact) mass is 581 g/mol. The highest BCUT2D eigenvalue weighted by atomic mass is 16.7. The predicted molar refractivity (Wildman–Crippen MR) is 163 cm³/mol. The average Bonchev–Trinajstić information content (AvgIpc) is 3.15. The number of ether oxygens (including phenoxy) is 3. The molecule has 2 aromatic carbocycles. The number of aryl methyl sites for hydroxylation is 1. The molecule has 4 rings (SSSR count). The lowest BCUT2D eigenvalue weighted by Gasteiger charge is -2.33. The number of anilines is 1. The summed E-state index contributed by atoms with van der Waals surface area (Å²) >= 11 is 0. The SMILES string of the molecule is CC1(C)OCc2cc([C@H](O)CNCCCCCCOCCCCc3cccc(N4C(=O)NC(C)(C)C4=O)c3)ccc2O1. The molecule has 2 aromatic rings. The van der Waals surface area contributed by atoms with Crippen LogP contribution in [0.15, 0.2) is 42.5 Å². The Morgan fingerprint density at radius 3 is 2.52 bits per heavy atom. The molecule has 230 valence electrons. The number of rotatable bonds is 16. The highest BCUT2D eigenvalue weighted by Crippen LogP contribution is 2.33. The van der Waals surface area contributed by atoms with Crippen LogP contribution in [0.1, 0.15) is 89.0 Å². The summed E-state index contributed by atoms with van der Waals surface area (Å²) in [6.07, 6.45) is 6.62. The van der Waals surface area contributed by atoms with Crippen molar-refractivity contribution in [2.24, 2.45) is 0 Å². The second kappa shape index (κ2) is 14.5. The third kappa shape index (κ3) is 8.77. The minimum absolute atomic E-state index is 0.231. The van der Waals surface area contributed by atoms with E-state index in [-0.39, 0.29) is 11.9 Å². The minimum Gasteiger partial charge on any atom is -0.463 e. The molecule has 9 heteroatoms. The molecule has 3 amide bonds. The summed E-state index contributed by atoms with van der Waals surface area (Å²) in [6, 6.07) is 13.1. The molecule has 0 aliphatic carbocycles. The van der Waals surface area contributed by atoms with Crippen LogP contribution in [0.5, 0.6) is 5.75 Å². The van der Waals surface area contributed by atoms with Gasteiger partial charge in [0, 0.05) is 39.2 Å². The van der Waals surface area contributed by atoms with Crippen LogP contribution < -0.4 is 20.3 Å². The lowest BCUT2D eigenvalue weighted by molar-refractivity contribution is -0.180. The van der Waals surface area contributed by atoms with Crippen molar-refractivity contribution in [2.45, 2.75) is 96.7 Å². The van der Waals surface area contributed by atoms with Gasteiger partial charge in [0.2, 0.25) is 5.79 Å². The van der Waals surface area contributed by atoms with Gasteiger partial charge in [-0.15, -0.1) is 0 Å². The molecule has 0 radical (unpaired) electrons. The Labute approximate surface area is 249 Å². The van der Waals surface area contributed by atoms with E-state index >= 15 is 0 Å². The minimum atomic E-state index is -0.876. The van der Waals surface area contributed by atoms with Crippen molar-refractivity contribution in [1.82, 2.24) is 10.6 Å². The molecular weight excluding hydrogens is 534 g/mol. The van der Waals surface area contributed by atoms with E-state index in [1.54, 1.807) is 19.9 Å². The molecule has 0 saturated carbocycles. The van der Waals surface area contributed by atoms with E-state index in [9.17, 15) is 14.7 Å². The largest absolute Gasteiger partial charge is 0.463 e. The topological polar surface area (TPSA) is 109 Å². The number of aliphatic hydroxyl groups is 1. The van der Waals surface area contributed by atoms with Gasteiger partial charge in [-0.2, -0.15) is 0 Å². The van der Waals surface area contributed by atoms with Crippen LogP contribution in [0.3, 0.4) is 0 Å². The summed E-state index contributed by atoms with van der Waals surface area (Å²) in [6.45, 7) is 10.6. The first-order chi connectivity index (χ1) is 20.1. The summed E-state index contributed by atoms with van der Waals surface area (Å²) in [7, 11) is 0. The molecule has 0 spiro atoms. The number of fused-ring (bicyclic) bond motifs is 1. The van der Waals surface area contributed by atoms with Gasteiger partial charge in [0.1, 0.15) is 11.3 Å². The third-order valence-corrected chi connectivity index (χ3v) is 7.66. The van der Waals surface area contributed by atoms with Crippen molar-refractivity contribution in [2.75, 3.05) is 31.2 Å². The zero-order valence-electron chi connectivity index (χ0n) is 25.5. The van der Waals surface area contributed by atoms with Gasteiger partial charge < -0.3 is 30.0 Å². The average molecular weight is 582 g/mol. The number of aliphatic hydroxyl groups excluding tert-OH is 1. The van der Waals surface area contributed by atoms with Crippen molar-refractivity contribution in [3.63, 3.8) is 0 Å². The number of carbonyl (C=O) groups excluding carboxylic acids is 2. The first-order valence-electron chi connectivity index (χ1n) is 15.2. The molecule has 9 nitrogen and oxygen atoms in total. The van der Waals surface area contributed by atoms with E-state index in [0.717, 1.165) is 87.1 Å². The van der Waals surface area contributed by atoms with Crippen molar-refractivity contribution >= 4 is 17.6 Å². The molecule has 0 bridgehead atoms. The highest BCUT2D eigenvalue weighted by molar-refractivity contribution is 6.23. The molecule has 3 N–H and O–H groups in total. The zero-order valence-corrected chi connectivity index (χ0v) is 25.5. The number of amides is 3. The quantitative estimate of drug-likeness (QED) is 0.180. The van der Waals surface area contributed by atoms with E-state index in [1.807, 2.05) is 50.2 Å². The summed E-state index contributed by atoms with van der Waals surface area (Å²) < 4.78 is 17.3. The number of hydrogen-bond donors (Lipinski definition) is 3. The lowest BCUT2D eigenvalue weighted by Crippen LogP contribution is -2.40. The fraction of sp³-hybridized carbons (Fsp3) is 0.576. The molecule has 2 aliphatic rings. The Bertz CT molecular complexity index is 1210. The van der Waals surface area contributed by atoms with Gasteiger partial charge in [-0.25, -0.2) is 9.69 Å². The maximum Gasteiger partial charge on any atom is 0.329 e. The van der Waals surface area contributed by atoms with Crippen molar-refractivity contribution in [3.05, 3.63) is 59.2 Å². The normalized spacial score (nSPS) is 18.0. The summed E-state index contributed by atoms with van der Waals surface area (Å²) in [5.41, 5.74) is 2.69. The smallest absolute Gasteiger partial charge is 0.329 e. The maximum absolute atomic E-state index is 12.6. The van der Waals surface area contributed by atoms with Gasteiger partial charge in [0.25, 0.3) is 5.91 Å². The van der Waals surface area contributed by atoms with Crippen LogP contribution in [0.2, 0.25) is 0 Å². The van der Waals surface area contributed by atoms with Gasteiger partial charge in [-0.3, -0.25) is 4.79 Å². The van der Waals surface area contributed by atoms with E-state index in [1.165, 1.54) is 4.90 Å². The van der Waals surface area contributed by atoms with Crippen LogP contribution in [0, 0.1) is 0 Å². The number of urea groups is 1. The number of nitrogens with one attached hydrogen (secondary N) is 2. The Morgan fingerprint density at radius 1 is 1.00 bits per heavy atom. The fourth-order valence-electron chi connectivity index (χ4n) is 5.20. The van der Waals surface area contributed by atoms with Crippen LogP contribution in [0.25, 0.3) is 0 Å². The Kier molecular flexibility index (Phi) is 11.0. The van der Waals surface area contributed by atoms with E-state index in [4.69, 9.17) is 14.2 Å². The molecule has 2 aliphatic heterocycles. The standard InChI is InChI=1S/C33H47N3O6/c1-32(2)30(38)36(31(39)35-32)27-14-11-13-24(20-27)12-7-10-19-40-18-9-6-5-8-17-34-22-28(37)25-15-16-29-26(21-25)23-41-33(3,4)42-29/h11,13-16,20-21,28,34,37H,5-10,12,17-19,22-23H2,1-4H3,(H,35,39)/t28-/m1/s1. The Hall–Kier alpha value is -2.98. The molecule has 1 fully saturated rings. The Balaban J connectivity index is 0.997. The summed E-state index contributed by atoms with van der Waals surface area (Å²) in [5.74, 6) is -0.0287. The maximum atomic E-state index is 12.6. The number of hydrogen-bond acceptors (Lipinski definition) is 7. The number of unbranched alkanes of at least 4 members (excludes halogenated alkanes) is 4. The molecule has 1 atom stereocenters. The van der Waals surface area contributed by atoms with E-state index < -0.39 is 17.4 Å². The van der Waals surface area contributed by atoms with Gasteiger partial charge in [0.15, 0.2) is 0 Å². The lowest BCUT2D eigenvalue weighted by atomic mass is 10.0. The van der Waals surface area contributed by atoms with Crippen molar-refractivity contribution in [3.8, 4) is 5.75 Å². The number of benzene rings is 2. The first-order valence-corrected chi connectivity index (χ1v) is 15.2. The zero-order chi connectivity index (χ0) is 30.2. The molecule has 0 unspecified atom stereocenters. The van der Waals surface area contributed by atoms with Crippen LogP contribution in [-0.4, -0.2) is 54.7 Å². The third-order valence-electron chi connectivity index (χ3n) is 7.66. The predicted octanol–water partition coefficient (Wildman–Crippen LogP) is 5.39. The molecular formula is C33H47N3O6. The number of imide groups is 1. The molecule has 2 heterocycles. The molecule has 1 saturated heterocycles. The van der Waals surface area contributed by atoms with Gasteiger partial charge in [0.05, 0.1) is 18.4 Å². The van der Waals surface area contributed by atoms with E-state index in [0.29, 0.717) is 18.8 Å². The summed E-state index contributed by atoms with van der Waals surface area (Å²) in [5, 5.41) is 16.6. The van der Waals surface area contributed by atoms with Crippen LogP contribution in [-0.2, 0) is 27.3 Å². The first kappa shape index (κ1) is 31.9. The Morgan fingerprint density at radius 2 is 1.76 bits per heavy atom. The number of carbonyl (C=O) groups is 2. The van der Waals surface area contributed by atoms with Gasteiger partial charge >= 0.3 is 6.03 Å². The van der Waals surface area contributed by atoms with Crippen LogP contribution in [0.4, 0.5) is 10.5 Å². The number of nitrogens with zero attached hydrogens (tertiary/aromatic N) is 1. The highest BCUT2D eigenvalue weighted by Gasteiger charge is 2.45. The van der Waals surface area contributed by atoms with Gasteiger partial charge in [-0.1, -0.05) is 31.0 Å². The van der Waals surface area contributed by atoms with Crippen molar-refractivity contribution in [1.29, 1.82) is 0 Å². The van der Waals surface area contributed by atoms with E-state index in [2.05, 4.69) is 10.6 Å². The fourth-order valence-corrected chi connectivity index (χ4v) is 5.20. The second-order valence-electron chi connectivity index (χ2n) is 12.2. The summed E-state index contributed by atoms with van der Waals surface area (Å²) in [4.78, 5) is 26.1. The van der Waals surface area contributed by atoms with Crippen LogP contribution >= 0.6 is 0 Å². The molecule has 42 heavy (non-hydrogen) atoms. The molecule has 0 aromatic heterocycles. The second-order valence-corrected chi connectivity index (χ2v) is 12.2.